The van der Waals surface area contributed by atoms with Crippen LogP contribution in [0.1, 0.15) is 31.7 Å². The van der Waals surface area contributed by atoms with Crippen molar-refractivity contribution in [3.63, 3.8) is 0 Å². The van der Waals surface area contributed by atoms with E-state index in [1.165, 1.54) is 30.0 Å². The Kier molecular flexibility index (Phi) is 6.86. The molecule has 2 heterocycles. The topological polar surface area (TPSA) is 75.7 Å². The third-order valence-corrected chi connectivity index (χ3v) is 7.11. The minimum atomic E-state index is -4.23. The summed E-state index contributed by atoms with van der Waals surface area (Å²) in [4.78, 5) is 14.6. The van der Waals surface area contributed by atoms with E-state index in [4.69, 9.17) is 4.74 Å². The van der Waals surface area contributed by atoms with Gasteiger partial charge in [-0.2, -0.15) is 0 Å². The van der Waals surface area contributed by atoms with Gasteiger partial charge in [0.2, 0.25) is 21.9 Å². The average molecular weight is 501 g/mol. The largest absolute Gasteiger partial charge is 0.486 e. The predicted molar refractivity (Wildman–Crippen MR) is 117 cm³/mol. The second kappa shape index (κ2) is 9.53. The summed E-state index contributed by atoms with van der Waals surface area (Å²) < 4.78 is 89.2. The van der Waals surface area contributed by atoms with Gasteiger partial charge in [0.1, 0.15) is 17.7 Å². The van der Waals surface area contributed by atoms with E-state index >= 15 is 4.39 Å². The molecule has 11 heteroatoms. The highest BCUT2D eigenvalue weighted by Gasteiger charge is 2.38. The number of alkyl halides is 1. The first-order chi connectivity index (χ1) is 16.1. The summed E-state index contributed by atoms with van der Waals surface area (Å²) in [5, 5.41) is 0. The second-order valence-corrected chi connectivity index (χ2v) is 10.3. The molecule has 1 amide bonds. The summed E-state index contributed by atoms with van der Waals surface area (Å²) in [6.07, 6.45) is -0.310. The molecule has 2 aromatic rings. The van der Waals surface area contributed by atoms with Crippen molar-refractivity contribution in [1.82, 2.24) is 9.62 Å². The van der Waals surface area contributed by atoms with Gasteiger partial charge in [0.15, 0.2) is 11.6 Å². The molecule has 3 unspecified atom stereocenters. The quantitative estimate of drug-likeness (QED) is 0.653. The molecule has 0 spiro atoms. The summed E-state index contributed by atoms with van der Waals surface area (Å²) in [5.74, 6) is -3.46. The van der Waals surface area contributed by atoms with E-state index in [9.17, 15) is 26.4 Å². The highest BCUT2D eigenvalue weighted by atomic mass is 32.2. The lowest BCUT2D eigenvalue weighted by Crippen LogP contribution is -2.58. The third kappa shape index (κ3) is 4.90. The number of fused-ring (bicyclic) bond motifs is 5. The van der Waals surface area contributed by atoms with Crippen molar-refractivity contribution < 1.29 is 35.5 Å². The predicted octanol–water partition coefficient (Wildman–Crippen LogP) is 3.69. The van der Waals surface area contributed by atoms with Gasteiger partial charge in [0, 0.05) is 29.8 Å². The van der Waals surface area contributed by atoms with Crippen LogP contribution in [0.15, 0.2) is 30.3 Å². The summed E-state index contributed by atoms with van der Waals surface area (Å²) in [6, 6.07) is 2.68. The Morgan fingerprint density at radius 3 is 2.65 bits per heavy atom. The van der Waals surface area contributed by atoms with Gasteiger partial charge in [-0.3, -0.25) is 4.79 Å². The van der Waals surface area contributed by atoms with E-state index < -0.39 is 57.6 Å². The fraction of sp³-hybridized carbons (Fsp3) is 0.435. The highest BCUT2D eigenvalue weighted by Crippen LogP contribution is 2.38. The maximum absolute atomic E-state index is 15.7. The minimum Gasteiger partial charge on any atom is -0.486 e. The summed E-state index contributed by atoms with van der Waals surface area (Å²) in [7, 11) is -4.23. The van der Waals surface area contributed by atoms with Gasteiger partial charge in [-0.25, -0.2) is 30.7 Å². The van der Waals surface area contributed by atoms with Crippen molar-refractivity contribution in [3.8, 4) is 16.9 Å². The van der Waals surface area contributed by atoms with Crippen LogP contribution in [0.5, 0.6) is 5.75 Å². The van der Waals surface area contributed by atoms with Crippen molar-refractivity contribution >= 4 is 15.9 Å². The first-order valence-corrected chi connectivity index (χ1v) is 12.5. The van der Waals surface area contributed by atoms with Gasteiger partial charge in [-0.1, -0.05) is 18.2 Å². The van der Waals surface area contributed by atoms with Crippen molar-refractivity contribution in [3.05, 3.63) is 53.3 Å². The normalized spacial score (nSPS) is 23.3. The number of nitrogens with one attached hydrogen (secondary N) is 1. The molecule has 0 aromatic heterocycles. The fourth-order valence-corrected chi connectivity index (χ4v) is 5.47. The van der Waals surface area contributed by atoms with Gasteiger partial charge in [0.05, 0.1) is 12.5 Å². The monoisotopic (exact) mass is 500 g/mol. The zero-order valence-corrected chi connectivity index (χ0v) is 19.2. The van der Waals surface area contributed by atoms with Gasteiger partial charge >= 0.3 is 0 Å². The molecule has 6 nitrogen and oxygen atoms in total. The Balaban J connectivity index is 1.86. The van der Waals surface area contributed by atoms with Gasteiger partial charge in [-0.15, -0.1) is 0 Å². The Morgan fingerprint density at radius 1 is 1.15 bits per heavy atom. The number of nitrogens with zero attached hydrogens (tertiary/aromatic N) is 1. The number of hydrogen-bond acceptors (Lipinski definition) is 4. The Morgan fingerprint density at radius 2 is 1.91 bits per heavy atom. The minimum absolute atomic E-state index is 0.0761. The molecule has 2 aromatic carbocycles. The van der Waals surface area contributed by atoms with Crippen LogP contribution < -0.4 is 9.46 Å². The van der Waals surface area contributed by atoms with E-state index in [1.807, 2.05) is 0 Å². The van der Waals surface area contributed by atoms with E-state index in [1.54, 1.807) is 0 Å². The molecule has 1 fully saturated rings. The molecular weight excluding hydrogens is 476 g/mol. The Bertz CT molecular complexity index is 1210. The molecule has 184 valence electrons. The Hall–Kier alpha value is -2.66. The van der Waals surface area contributed by atoms with Crippen molar-refractivity contribution in [2.45, 2.75) is 50.8 Å². The van der Waals surface area contributed by atoms with Crippen LogP contribution in [0.2, 0.25) is 0 Å². The van der Waals surface area contributed by atoms with Crippen LogP contribution in [-0.2, 0) is 21.2 Å². The lowest BCUT2D eigenvalue weighted by atomic mass is 9.89. The molecule has 3 atom stereocenters. The van der Waals surface area contributed by atoms with Crippen LogP contribution in [0.3, 0.4) is 0 Å². The fourth-order valence-electron chi connectivity index (χ4n) is 4.68. The molecule has 0 aliphatic carbocycles. The highest BCUT2D eigenvalue weighted by molar-refractivity contribution is 7.89. The molecular formula is C23H24F4N2O4S. The van der Waals surface area contributed by atoms with E-state index in [-0.39, 0.29) is 35.3 Å². The number of rotatable bonds is 3. The summed E-state index contributed by atoms with van der Waals surface area (Å²) in [5.41, 5.74) is -0.101. The number of amides is 1. The zero-order chi connectivity index (χ0) is 24.6. The molecule has 4 rings (SSSR count). The molecule has 2 aliphatic rings. The standard InChI is InChI=1S/C23H24F4N2O4S/c1-13-8-21(30)29-7-3-6-19(28-34(31,32)12-24)20(29)9-14-4-2-5-16(22(14)27)17-10-15(25)11-18(26)23(17)33-13/h2,4-5,10-11,13,19-20,28H,3,6-9,12H2,1H3. The number of carbonyl (C=O) groups is 1. The molecule has 0 saturated carbocycles. The maximum Gasteiger partial charge on any atom is 0.241 e. The average Bonchev–Trinajstić information content (AvgIpc) is 2.77. The van der Waals surface area contributed by atoms with Gasteiger partial charge in [0.25, 0.3) is 0 Å². The number of carbonyl (C=O) groups excluding carboxylic acids is 1. The molecule has 34 heavy (non-hydrogen) atoms. The second-order valence-electron chi connectivity index (χ2n) is 8.62. The number of sulfonamides is 1. The van der Waals surface area contributed by atoms with Crippen molar-refractivity contribution in [2.24, 2.45) is 0 Å². The van der Waals surface area contributed by atoms with E-state index in [0.717, 1.165) is 6.07 Å². The number of piperidine rings is 1. The van der Waals surface area contributed by atoms with Gasteiger partial charge in [-0.05, 0) is 37.8 Å². The molecule has 0 radical (unpaired) electrons. The van der Waals surface area contributed by atoms with Crippen LogP contribution in [-0.4, -0.2) is 50.0 Å². The van der Waals surface area contributed by atoms with E-state index in [2.05, 4.69) is 4.72 Å². The first-order valence-electron chi connectivity index (χ1n) is 10.9. The smallest absolute Gasteiger partial charge is 0.241 e. The number of benzene rings is 2. The maximum atomic E-state index is 15.7. The number of halogens is 4. The Labute approximate surface area is 194 Å². The number of hydrogen-bond donors (Lipinski definition) is 1. The molecule has 2 bridgehead atoms. The van der Waals surface area contributed by atoms with Crippen molar-refractivity contribution in [2.75, 3.05) is 12.6 Å². The first kappa shape index (κ1) is 24.5. The zero-order valence-electron chi connectivity index (χ0n) is 18.4. The number of ether oxygens (including phenoxy) is 1. The van der Waals surface area contributed by atoms with Crippen LogP contribution >= 0.6 is 0 Å². The van der Waals surface area contributed by atoms with Crippen LogP contribution in [0.4, 0.5) is 17.6 Å². The molecule has 1 N–H and O–H groups in total. The summed E-state index contributed by atoms with van der Waals surface area (Å²) in [6.45, 7) is 1.83. The molecule has 1 saturated heterocycles. The summed E-state index contributed by atoms with van der Waals surface area (Å²) >= 11 is 0. The van der Waals surface area contributed by atoms with Crippen LogP contribution in [0.25, 0.3) is 11.1 Å². The van der Waals surface area contributed by atoms with Crippen LogP contribution in [0, 0.1) is 17.5 Å². The third-order valence-electron chi connectivity index (χ3n) is 6.16. The van der Waals surface area contributed by atoms with Crippen molar-refractivity contribution in [1.29, 1.82) is 0 Å². The molecule has 2 aliphatic heterocycles. The van der Waals surface area contributed by atoms with E-state index in [0.29, 0.717) is 25.5 Å². The lowest BCUT2D eigenvalue weighted by molar-refractivity contribution is -0.137. The van der Waals surface area contributed by atoms with Gasteiger partial charge < -0.3 is 9.64 Å². The SMILES string of the molecule is CC1CC(=O)N2CCCC(NS(=O)(=O)CF)C2Cc2cccc(c2F)-c2cc(F)cc(F)c2O1. The lowest BCUT2D eigenvalue weighted by Gasteiger charge is -2.42.